The van der Waals surface area contributed by atoms with Crippen LogP contribution in [0.1, 0.15) is 36.6 Å². The molecule has 4 rings (SSSR count). The third kappa shape index (κ3) is 2.85. The van der Waals surface area contributed by atoms with Crippen LogP contribution in [0.4, 0.5) is 0 Å². The van der Waals surface area contributed by atoms with Crippen LogP contribution in [0.25, 0.3) is 0 Å². The summed E-state index contributed by atoms with van der Waals surface area (Å²) < 4.78 is 30.7. The highest BCUT2D eigenvalue weighted by atomic mass is 32.2. The second kappa shape index (κ2) is 6.27. The van der Waals surface area contributed by atoms with E-state index in [2.05, 4.69) is 20.1 Å². The number of aromatic nitrogens is 3. The first kappa shape index (κ1) is 15.7. The Hall–Kier alpha value is -1.77. The molecule has 0 amide bonds. The molecule has 1 aliphatic heterocycles. The van der Waals surface area contributed by atoms with Crippen LogP contribution in [0.15, 0.2) is 35.6 Å². The number of rotatable bonds is 5. The van der Waals surface area contributed by atoms with Gasteiger partial charge in [0.15, 0.2) is 0 Å². The van der Waals surface area contributed by atoms with Gasteiger partial charge in [0, 0.05) is 31.5 Å². The van der Waals surface area contributed by atoms with Crippen molar-refractivity contribution in [3.63, 3.8) is 0 Å². The first-order valence-electron chi connectivity index (χ1n) is 8.33. The number of sulfonamides is 1. The number of pyridine rings is 1. The smallest absolute Gasteiger partial charge is 0.244 e. The molecule has 24 heavy (non-hydrogen) atoms. The molecule has 7 nitrogen and oxygen atoms in total. The van der Waals surface area contributed by atoms with E-state index in [9.17, 15) is 8.42 Å². The minimum atomic E-state index is -3.62. The van der Waals surface area contributed by atoms with Gasteiger partial charge in [0.2, 0.25) is 10.0 Å². The molecule has 1 aliphatic carbocycles. The van der Waals surface area contributed by atoms with Crippen LogP contribution in [0.3, 0.4) is 0 Å². The Kier molecular flexibility index (Phi) is 4.11. The second-order valence-electron chi connectivity index (χ2n) is 6.43. The van der Waals surface area contributed by atoms with Gasteiger partial charge < -0.3 is 5.32 Å². The predicted molar refractivity (Wildman–Crippen MR) is 88.6 cm³/mol. The van der Waals surface area contributed by atoms with Gasteiger partial charge in [-0.3, -0.25) is 9.67 Å². The van der Waals surface area contributed by atoms with Crippen molar-refractivity contribution in [2.24, 2.45) is 5.92 Å². The van der Waals surface area contributed by atoms with E-state index in [-0.39, 0.29) is 10.9 Å². The zero-order valence-electron chi connectivity index (χ0n) is 13.4. The second-order valence-corrected chi connectivity index (χ2v) is 8.11. The van der Waals surface area contributed by atoms with Crippen molar-refractivity contribution in [3.8, 4) is 0 Å². The Labute approximate surface area is 141 Å². The third-order valence-electron chi connectivity index (χ3n) is 4.96. The zero-order valence-corrected chi connectivity index (χ0v) is 14.2. The van der Waals surface area contributed by atoms with Crippen molar-refractivity contribution >= 4 is 10.0 Å². The van der Waals surface area contributed by atoms with Gasteiger partial charge in [-0.15, -0.1) is 0 Å². The Morgan fingerprint density at radius 1 is 1.29 bits per heavy atom. The van der Waals surface area contributed by atoms with Crippen molar-refractivity contribution < 1.29 is 8.42 Å². The van der Waals surface area contributed by atoms with E-state index in [4.69, 9.17) is 0 Å². The highest BCUT2D eigenvalue weighted by molar-refractivity contribution is 7.89. The summed E-state index contributed by atoms with van der Waals surface area (Å²) in [4.78, 5) is 4.32. The van der Waals surface area contributed by atoms with Crippen molar-refractivity contribution in [2.45, 2.75) is 43.3 Å². The van der Waals surface area contributed by atoms with E-state index in [0.717, 1.165) is 37.1 Å². The summed E-state index contributed by atoms with van der Waals surface area (Å²) in [5.41, 5.74) is 1.70. The van der Waals surface area contributed by atoms with Crippen LogP contribution in [0.5, 0.6) is 0 Å². The molecule has 128 valence electrons. The maximum atomic E-state index is 13.0. The fraction of sp³-hybridized carbons (Fsp3) is 0.500. The molecule has 1 saturated carbocycles. The molecular formula is C16H21N5O2S. The average Bonchev–Trinajstić information content (AvgIpc) is 2.98. The van der Waals surface area contributed by atoms with E-state index in [1.807, 2.05) is 12.1 Å². The van der Waals surface area contributed by atoms with Crippen molar-refractivity contribution in [1.82, 2.24) is 24.8 Å². The lowest BCUT2D eigenvalue weighted by molar-refractivity contribution is 0.251. The monoisotopic (exact) mass is 347 g/mol. The third-order valence-corrected chi connectivity index (χ3v) is 6.45. The Bertz CT molecular complexity index is 814. The number of nitrogens with zero attached hydrogens (tertiary/aromatic N) is 3. The van der Waals surface area contributed by atoms with Gasteiger partial charge in [-0.2, -0.15) is 5.10 Å². The van der Waals surface area contributed by atoms with E-state index in [0.29, 0.717) is 19.0 Å². The van der Waals surface area contributed by atoms with Crippen LogP contribution >= 0.6 is 0 Å². The zero-order chi connectivity index (χ0) is 16.6. The lowest BCUT2D eigenvalue weighted by Gasteiger charge is -2.34. The normalized spacial score (nSPS) is 19.5. The number of hydrogen-bond acceptors (Lipinski definition) is 5. The van der Waals surface area contributed by atoms with Crippen LogP contribution < -0.4 is 10.0 Å². The summed E-state index contributed by atoms with van der Waals surface area (Å²) >= 11 is 0. The SMILES string of the molecule is O=S(=O)(NC(c1ccncc1)C1CCC1)c1cnn2c1CNCC2. The topological polar surface area (TPSA) is 88.9 Å². The molecule has 8 heteroatoms. The fourth-order valence-electron chi connectivity index (χ4n) is 3.39. The Morgan fingerprint density at radius 3 is 2.79 bits per heavy atom. The molecule has 0 spiro atoms. The van der Waals surface area contributed by atoms with E-state index in [1.165, 1.54) is 6.20 Å². The first-order valence-corrected chi connectivity index (χ1v) is 9.81. The van der Waals surface area contributed by atoms with Gasteiger partial charge in [-0.05, 0) is 36.5 Å². The van der Waals surface area contributed by atoms with Crippen molar-refractivity contribution in [3.05, 3.63) is 42.0 Å². The molecule has 2 aromatic rings. The molecule has 0 aromatic carbocycles. The molecule has 0 radical (unpaired) electrons. The minimum absolute atomic E-state index is 0.209. The van der Waals surface area contributed by atoms with E-state index in [1.54, 1.807) is 17.1 Å². The van der Waals surface area contributed by atoms with Crippen LogP contribution in [0.2, 0.25) is 0 Å². The summed E-state index contributed by atoms with van der Waals surface area (Å²) in [6.07, 6.45) is 8.13. The van der Waals surface area contributed by atoms with E-state index < -0.39 is 10.0 Å². The Morgan fingerprint density at radius 2 is 2.08 bits per heavy atom. The summed E-state index contributed by atoms with van der Waals surface area (Å²) in [6.45, 7) is 2.03. The van der Waals surface area contributed by atoms with Gasteiger partial charge in [0.1, 0.15) is 4.90 Å². The van der Waals surface area contributed by atoms with Gasteiger partial charge in [0.25, 0.3) is 0 Å². The van der Waals surface area contributed by atoms with E-state index >= 15 is 0 Å². The summed E-state index contributed by atoms with van der Waals surface area (Å²) in [7, 11) is -3.62. The van der Waals surface area contributed by atoms with Crippen molar-refractivity contribution in [1.29, 1.82) is 0 Å². The first-order chi connectivity index (χ1) is 11.6. The molecule has 1 atom stereocenters. The van der Waals surface area contributed by atoms with Crippen LogP contribution in [-0.4, -0.2) is 29.7 Å². The lowest BCUT2D eigenvalue weighted by atomic mass is 9.78. The van der Waals surface area contributed by atoms with Gasteiger partial charge >= 0.3 is 0 Å². The number of nitrogens with one attached hydrogen (secondary N) is 2. The number of hydrogen-bond donors (Lipinski definition) is 2. The highest BCUT2D eigenvalue weighted by Gasteiger charge is 2.34. The summed E-state index contributed by atoms with van der Waals surface area (Å²) in [6, 6.07) is 3.57. The fourth-order valence-corrected chi connectivity index (χ4v) is 4.86. The van der Waals surface area contributed by atoms with Gasteiger partial charge in [-0.25, -0.2) is 13.1 Å². The Balaban J connectivity index is 1.65. The van der Waals surface area contributed by atoms with Crippen LogP contribution in [0, 0.1) is 5.92 Å². The summed E-state index contributed by atoms with van der Waals surface area (Å²) in [5.74, 6) is 0.340. The highest BCUT2D eigenvalue weighted by Crippen LogP contribution is 2.38. The molecule has 1 unspecified atom stereocenters. The molecule has 2 aliphatic rings. The van der Waals surface area contributed by atoms with Gasteiger partial charge in [0.05, 0.1) is 18.4 Å². The maximum absolute atomic E-state index is 13.0. The predicted octanol–water partition coefficient (Wildman–Crippen LogP) is 1.20. The molecule has 0 bridgehead atoms. The maximum Gasteiger partial charge on any atom is 0.244 e. The largest absolute Gasteiger partial charge is 0.309 e. The molecule has 1 fully saturated rings. The molecule has 2 aromatic heterocycles. The average molecular weight is 347 g/mol. The van der Waals surface area contributed by atoms with Crippen molar-refractivity contribution in [2.75, 3.05) is 6.54 Å². The quantitative estimate of drug-likeness (QED) is 0.848. The number of fused-ring (bicyclic) bond motifs is 1. The molecule has 0 saturated heterocycles. The van der Waals surface area contributed by atoms with Gasteiger partial charge in [-0.1, -0.05) is 6.42 Å². The standard InChI is InChI=1S/C16H21N5O2S/c22-24(23,15-11-19-21-9-8-18-10-14(15)21)20-16(12-2-1-3-12)13-4-6-17-7-5-13/h4-7,11-12,16,18,20H,1-3,8-10H2. The minimum Gasteiger partial charge on any atom is -0.309 e. The molecule has 2 N–H and O–H groups in total. The molecule has 3 heterocycles. The summed E-state index contributed by atoms with van der Waals surface area (Å²) in [5, 5.41) is 7.44. The molecular weight excluding hydrogens is 326 g/mol. The van der Waals surface area contributed by atoms with Crippen LogP contribution in [-0.2, 0) is 23.1 Å². The lowest BCUT2D eigenvalue weighted by Crippen LogP contribution is -2.37.